The Morgan fingerprint density at radius 2 is 1.94 bits per heavy atom. The van der Waals surface area contributed by atoms with Crippen LogP contribution in [0.25, 0.3) is 0 Å². The summed E-state index contributed by atoms with van der Waals surface area (Å²) in [5.41, 5.74) is 1.54. The van der Waals surface area contributed by atoms with Gasteiger partial charge in [-0.15, -0.1) is 0 Å². The van der Waals surface area contributed by atoms with Crippen LogP contribution in [0.3, 0.4) is 0 Å². The van der Waals surface area contributed by atoms with E-state index in [1.165, 1.54) is 19.3 Å². The van der Waals surface area contributed by atoms with Crippen LogP contribution in [0.15, 0.2) is 42.7 Å². The van der Waals surface area contributed by atoms with E-state index in [9.17, 15) is 9.59 Å². The maximum atomic E-state index is 11.8. The van der Waals surface area contributed by atoms with E-state index in [1.54, 1.807) is 30.3 Å². The van der Waals surface area contributed by atoms with Crippen molar-refractivity contribution in [3.63, 3.8) is 0 Å². The van der Waals surface area contributed by atoms with Crippen LogP contribution in [0.2, 0.25) is 0 Å². The zero-order valence-electron chi connectivity index (χ0n) is 9.75. The lowest BCUT2D eigenvalue weighted by Crippen LogP contribution is -2.12. The van der Waals surface area contributed by atoms with E-state index in [0.717, 1.165) is 0 Å². The molecule has 1 amide bonds. The van der Waals surface area contributed by atoms with E-state index in [2.05, 4.69) is 15.5 Å². The third-order valence-corrected chi connectivity index (χ3v) is 2.37. The van der Waals surface area contributed by atoms with Crippen LogP contribution in [0, 0.1) is 0 Å². The van der Waals surface area contributed by atoms with Crippen molar-refractivity contribution in [2.45, 2.75) is 6.92 Å². The number of rotatable bonds is 3. The Hall–Kier alpha value is -2.56. The van der Waals surface area contributed by atoms with E-state index in [4.69, 9.17) is 0 Å². The topological polar surface area (TPSA) is 72.0 Å². The molecule has 1 aromatic heterocycles. The van der Waals surface area contributed by atoms with Crippen molar-refractivity contribution in [3.05, 3.63) is 53.9 Å². The summed E-state index contributed by atoms with van der Waals surface area (Å²) in [6.07, 6.45) is 2.82. The molecule has 0 spiro atoms. The number of hydrogen-bond donors (Lipinski definition) is 1. The normalized spacial score (nSPS) is 9.83. The fourth-order valence-corrected chi connectivity index (χ4v) is 1.44. The standard InChI is InChI=1S/C13H11N3O2/c1-9(17)10-3-2-4-12(7-10)16-13(18)11-5-6-14-15-8-11/h2-8H,1H3,(H,16,18). The number of nitrogens with zero attached hydrogens (tertiary/aromatic N) is 2. The number of benzene rings is 1. The first-order valence-electron chi connectivity index (χ1n) is 5.36. The molecule has 1 N–H and O–H groups in total. The number of carbonyl (C=O) groups is 2. The molecule has 0 aliphatic rings. The van der Waals surface area contributed by atoms with Crippen molar-refractivity contribution in [3.8, 4) is 0 Å². The number of hydrogen-bond acceptors (Lipinski definition) is 4. The number of amides is 1. The van der Waals surface area contributed by atoms with Crippen molar-refractivity contribution in [2.24, 2.45) is 0 Å². The molecule has 0 fully saturated rings. The molecule has 0 bridgehead atoms. The number of aromatic nitrogens is 2. The zero-order chi connectivity index (χ0) is 13.0. The van der Waals surface area contributed by atoms with Crippen LogP contribution in [-0.2, 0) is 0 Å². The molecule has 0 saturated heterocycles. The van der Waals surface area contributed by atoms with E-state index >= 15 is 0 Å². The lowest BCUT2D eigenvalue weighted by molar-refractivity contribution is 0.101. The summed E-state index contributed by atoms with van der Waals surface area (Å²) < 4.78 is 0. The largest absolute Gasteiger partial charge is 0.322 e. The van der Waals surface area contributed by atoms with Gasteiger partial charge in [-0.05, 0) is 25.1 Å². The van der Waals surface area contributed by atoms with Gasteiger partial charge in [0.1, 0.15) is 0 Å². The monoisotopic (exact) mass is 241 g/mol. The fraction of sp³-hybridized carbons (Fsp3) is 0.0769. The molecule has 0 aliphatic heterocycles. The molecule has 1 heterocycles. The van der Waals surface area contributed by atoms with Crippen LogP contribution < -0.4 is 5.32 Å². The van der Waals surface area contributed by atoms with Gasteiger partial charge in [-0.1, -0.05) is 12.1 Å². The van der Waals surface area contributed by atoms with Crippen LogP contribution in [0.1, 0.15) is 27.6 Å². The van der Waals surface area contributed by atoms with Gasteiger partial charge in [0.2, 0.25) is 0 Å². The third-order valence-electron chi connectivity index (χ3n) is 2.37. The maximum Gasteiger partial charge on any atom is 0.257 e. The molecular formula is C13H11N3O2. The van der Waals surface area contributed by atoms with E-state index in [0.29, 0.717) is 16.8 Å². The van der Waals surface area contributed by atoms with Crippen LogP contribution in [0.4, 0.5) is 5.69 Å². The smallest absolute Gasteiger partial charge is 0.257 e. The predicted octanol–water partition coefficient (Wildman–Crippen LogP) is 1.93. The quantitative estimate of drug-likeness (QED) is 0.833. The second-order valence-electron chi connectivity index (χ2n) is 3.72. The Morgan fingerprint density at radius 3 is 2.61 bits per heavy atom. The van der Waals surface area contributed by atoms with Gasteiger partial charge in [0.05, 0.1) is 18.0 Å². The summed E-state index contributed by atoms with van der Waals surface area (Å²) in [5.74, 6) is -0.331. The summed E-state index contributed by atoms with van der Waals surface area (Å²) in [4.78, 5) is 23.1. The van der Waals surface area contributed by atoms with E-state index < -0.39 is 0 Å². The molecule has 0 unspecified atom stereocenters. The van der Waals surface area contributed by atoms with Gasteiger partial charge in [0.15, 0.2) is 5.78 Å². The molecule has 0 atom stereocenters. The Balaban J connectivity index is 2.17. The van der Waals surface area contributed by atoms with Gasteiger partial charge in [0.25, 0.3) is 5.91 Å². The lowest BCUT2D eigenvalue weighted by atomic mass is 10.1. The van der Waals surface area contributed by atoms with Gasteiger partial charge in [-0.2, -0.15) is 10.2 Å². The summed E-state index contributed by atoms with van der Waals surface area (Å²) in [6.45, 7) is 1.48. The highest BCUT2D eigenvalue weighted by Gasteiger charge is 2.07. The number of anilines is 1. The zero-order valence-corrected chi connectivity index (χ0v) is 9.75. The van der Waals surface area contributed by atoms with Crippen molar-refractivity contribution < 1.29 is 9.59 Å². The Kier molecular flexibility index (Phi) is 3.43. The van der Waals surface area contributed by atoms with Crippen LogP contribution in [-0.4, -0.2) is 21.9 Å². The molecular weight excluding hydrogens is 230 g/mol. The summed E-state index contributed by atoms with van der Waals surface area (Å²) in [5, 5.41) is 9.92. The van der Waals surface area contributed by atoms with Gasteiger partial charge < -0.3 is 5.32 Å². The molecule has 0 radical (unpaired) electrons. The highest BCUT2D eigenvalue weighted by atomic mass is 16.1. The minimum atomic E-state index is -0.286. The molecule has 0 aliphatic carbocycles. The van der Waals surface area contributed by atoms with Crippen molar-refractivity contribution in [1.29, 1.82) is 0 Å². The molecule has 2 aromatic rings. The Labute approximate surface area is 104 Å². The van der Waals surface area contributed by atoms with Gasteiger partial charge in [-0.3, -0.25) is 9.59 Å². The summed E-state index contributed by atoms with van der Waals surface area (Å²) in [6, 6.07) is 8.34. The van der Waals surface area contributed by atoms with Crippen molar-refractivity contribution >= 4 is 17.4 Å². The van der Waals surface area contributed by atoms with E-state index in [-0.39, 0.29) is 11.7 Å². The van der Waals surface area contributed by atoms with Crippen molar-refractivity contribution in [2.75, 3.05) is 5.32 Å². The SMILES string of the molecule is CC(=O)c1cccc(NC(=O)c2ccnnc2)c1. The predicted molar refractivity (Wildman–Crippen MR) is 66.4 cm³/mol. The van der Waals surface area contributed by atoms with Crippen molar-refractivity contribution in [1.82, 2.24) is 10.2 Å². The first-order valence-corrected chi connectivity index (χ1v) is 5.36. The molecule has 90 valence electrons. The van der Waals surface area contributed by atoms with Crippen LogP contribution in [0.5, 0.6) is 0 Å². The highest BCUT2D eigenvalue weighted by Crippen LogP contribution is 2.12. The number of carbonyl (C=O) groups excluding carboxylic acids is 2. The molecule has 18 heavy (non-hydrogen) atoms. The average molecular weight is 241 g/mol. The molecule has 2 rings (SSSR count). The number of nitrogens with one attached hydrogen (secondary N) is 1. The number of Topliss-reactive ketones (excluding diaryl/α,β-unsaturated/α-hetero) is 1. The van der Waals surface area contributed by atoms with Gasteiger partial charge in [-0.25, -0.2) is 0 Å². The third kappa shape index (κ3) is 2.76. The minimum Gasteiger partial charge on any atom is -0.322 e. The van der Waals surface area contributed by atoms with Gasteiger partial charge >= 0.3 is 0 Å². The highest BCUT2D eigenvalue weighted by molar-refractivity contribution is 6.04. The molecule has 5 nitrogen and oxygen atoms in total. The first-order chi connectivity index (χ1) is 8.66. The fourth-order valence-electron chi connectivity index (χ4n) is 1.44. The molecule has 5 heteroatoms. The van der Waals surface area contributed by atoms with E-state index in [1.807, 2.05) is 0 Å². The van der Waals surface area contributed by atoms with Gasteiger partial charge in [0, 0.05) is 11.3 Å². The second-order valence-corrected chi connectivity index (χ2v) is 3.72. The lowest BCUT2D eigenvalue weighted by Gasteiger charge is -2.05. The Bertz CT molecular complexity index is 582. The molecule has 0 saturated carbocycles. The summed E-state index contributed by atoms with van der Waals surface area (Å²) >= 11 is 0. The van der Waals surface area contributed by atoms with Crippen LogP contribution >= 0.6 is 0 Å². The maximum absolute atomic E-state index is 11.8. The number of ketones is 1. The second kappa shape index (κ2) is 5.18. The average Bonchev–Trinajstić information content (AvgIpc) is 2.40. The first kappa shape index (κ1) is 11.9. The Morgan fingerprint density at radius 1 is 1.11 bits per heavy atom. The summed E-state index contributed by atoms with van der Waals surface area (Å²) in [7, 11) is 0. The minimum absolute atomic E-state index is 0.0447. The molecule has 1 aromatic carbocycles.